The van der Waals surface area contributed by atoms with Gasteiger partial charge in [-0.2, -0.15) is 0 Å². The van der Waals surface area contributed by atoms with E-state index in [1.54, 1.807) is 13.1 Å². The molecule has 0 amide bonds. The summed E-state index contributed by atoms with van der Waals surface area (Å²) in [7, 11) is -1.30. The molecule has 0 aliphatic rings. The lowest BCUT2D eigenvalue weighted by molar-refractivity contribution is 0.579. The van der Waals surface area contributed by atoms with Crippen LogP contribution in [0.2, 0.25) is 0 Å². The highest BCUT2D eigenvalue weighted by Gasteiger charge is 2.09. The Morgan fingerprint density at radius 3 is 2.64 bits per heavy atom. The molecule has 0 bridgehead atoms. The number of hydrogen-bond donors (Lipinski definition) is 2. The van der Waals surface area contributed by atoms with Crippen LogP contribution in [0.4, 0.5) is 4.39 Å². The van der Waals surface area contributed by atoms with Crippen LogP contribution in [0.25, 0.3) is 0 Å². The molecule has 0 aliphatic carbocycles. The molecule has 0 spiro atoms. The van der Waals surface area contributed by atoms with Crippen LogP contribution >= 0.6 is 39.9 Å². The fourth-order valence-corrected chi connectivity index (χ4v) is 3.22. The summed E-state index contributed by atoms with van der Waals surface area (Å²) in [5.41, 5.74) is 0.685. The molecule has 0 heterocycles. The number of rotatable bonds is 8. The molecule has 9 heteroatoms. The SMILES string of the molecule is CN=C(NCCCc1ccc(Br)cc1F)NC(C)CCS(C)(=O)=O.I. The van der Waals surface area contributed by atoms with Gasteiger partial charge in [0.05, 0.1) is 5.75 Å². The number of hydrogen-bond acceptors (Lipinski definition) is 3. The van der Waals surface area contributed by atoms with Crippen molar-refractivity contribution in [1.82, 2.24) is 10.6 Å². The van der Waals surface area contributed by atoms with Crippen molar-refractivity contribution in [3.05, 3.63) is 34.1 Å². The van der Waals surface area contributed by atoms with Gasteiger partial charge in [0.25, 0.3) is 0 Å². The van der Waals surface area contributed by atoms with Crippen molar-refractivity contribution in [2.24, 2.45) is 4.99 Å². The molecule has 1 aromatic carbocycles. The van der Waals surface area contributed by atoms with Gasteiger partial charge in [-0.05, 0) is 43.9 Å². The van der Waals surface area contributed by atoms with Crippen LogP contribution < -0.4 is 10.6 Å². The molecule has 1 rings (SSSR count). The average molecular weight is 550 g/mol. The molecular weight excluding hydrogens is 524 g/mol. The molecule has 0 radical (unpaired) electrons. The Kier molecular flexibility index (Phi) is 11.9. The monoisotopic (exact) mass is 549 g/mol. The van der Waals surface area contributed by atoms with Crippen molar-refractivity contribution in [1.29, 1.82) is 0 Å². The minimum absolute atomic E-state index is 0. The fraction of sp³-hybridized carbons (Fsp3) is 0.562. The Hall–Kier alpha value is -0.420. The second kappa shape index (κ2) is 12.1. The van der Waals surface area contributed by atoms with E-state index < -0.39 is 9.84 Å². The molecule has 1 atom stereocenters. The van der Waals surface area contributed by atoms with Gasteiger partial charge in [0, 0.05) is 30.4 Å². The number of nitrogens with one attached hydrogen (secondary N) is 2. The zero-order chi connectivity index (χ0) is 18.2. The summed E-state index contributed by atoms with van der Waals surface area (Å²) in [6.45, 7) is 2.56. The summed E-state index contributed by atoms with van der Waals surface area (Å²) in [6.07, 6.45) is 3.14. The number of aliphatic imine (C=N–C) groups is 1. The minimum Gasteiger partial charge on any atom is -0.356 e. The van der Waals surface area contributed by atoms with E-state index in [4.69, 9.17) is 0 Å². The van der Waals surface area contributed by atoms with Crippen LogP contribution in [0.5, 0.6) is 0 Å². The van der Waals surface area contributed by atoms with Crippen molar-refractivity contribution in [3.8, 4) is 0 Å². The molecule has 5 nitrogen and oxygen atoms in total. The normalized spacial score (nSPS) is 13.1. The van der Waals surface area contributed by atoms with Gasteiger partial charge >= 0.3 is 0 Å². The van der Waals surface area contributed by atoms with Crippen LogP contribution in [0.15, 0.2) is 27.7 Å². The predicted octanol–water partition coefficient (Wildman–Crippen LogP) is 3.13. The number of benzene rings is 1. The highest BCUT2D eigenvalue weighted by atomic mass is 127. The predicted molar refractivity (Wildman–Crippen MR) is 116 cm³/mol. The van der Waals surface area contributed by atoms with Crippen LogP contribution in [0, 0.1) is 5.82 Å². The molecular formula is C16H26BrFIN3O2S. The topological polar surface area (TPSA) is 70.6 Å². The van der Waals surface area contributed by atoms with E-state index in [0.29, 0.717) is 30.9 Å². The summed E-state index contributed by atoms with van der Waals surface area (Å²) in [5, 5.41) is 6.31. The van der Waals surface area contributed by atoms with Gasteiger partial charge in [0.2, 0.25) is 0 Å². The third-order valence-electron chi connectivity index (χ3n) is 3.46. The summed E-state index contributed by atoms with van der Waals surface area (Å²) in [6, 6.07) is 5.07. The number of aryl methyl sites for hydroxylation is 1. The molecule has 25 heavy (non-hydrogen) atoms. The highest BCUT2D eigenvalue weighted by molar-refractivity contribution is 14.0. The first-order valence-corrected chi connectivity index (χ1v) is 10.7. The summed E-state index contributed by atoms with van der Waals surface area (Å²) in [5.74, 6) is 0.551. The lowest BCUT2D eigenvalue weighted by Gasteiger charge is -2.17. The Morgan fingerprint density at radius 2 is 2.08 bits per heavy atom. The maximum absolute atomic E-state index is 13.7. The van der Waals surface area contributed by atoms with E-state index in [1.807, 2.05) is 13.0 Å². The van der Waals surface area contributed by atoms with Crippen LogP contribution in [-0.4, -0.2) is 46.0 Å². The van der Waals surface area contributed by atoms with Gasteiger partial charge < -0.3 is 10.6 Å². The first-order valence-electron chi connectivity index (χ1n) is 7.80. The number of nitrogens with zero attached hydrogens (tertiary/aromatic N) is 1. The van der Waals surface area contributed by atoms with Crippen LogP contribution in [0.3, 0.4) is 0 Å². The Morgan fingerprint density at radius 1 is 1.40 bits per heavy atom. The van der Waals surface area contributed by atoms with Gasteiger partial charge in [0.15, 0.2) is 5.96 Å². The zero-order valence-electron chi connectivity index (χ0n) is 14.7. The van der Waals surface area contributed by atoms with Crippen LogP contribution in [-0.2, 0) is 16.3 Å². The third kappa shape index (κ3) is 11.0. The average Bonchev–Trinajstić information content (AvgIpc) is 2.49. The van der Waals surface area contributed by atoms with Gasteiger partial charge in [-0.25, -0.2) is 12.8 Å². The number of sulfone groups is 1. The van der Waals surface area contributed by atoms with Gasteiger partial charge in [-0.15, -0.1) is 24.0 Å². The molecule has 1 aromatic rings. The highest BCUT2D eigenvalue weighted by Crippen LogP contribution is 2.16. The lowest BCUT2D eigenvalue weighted by atomic mass is 10.1. The standard InChI is InChI=1S/C16H25BrFN3O2S.HI/c1-12(8-10-24(3,22)23)21-16(19-2)20-9-4-5-13-6-7-14(17)11-15(13)18;/h6-7,11-12H,4-5,8-10H2,1-3H3,(H2,19,20,21);1H. The molecule has 1 unspecified atom stereocenters. The Balaban J connectivity index is 0.00000576. The van der Waals surface area contributed by atoms with E-state index in [-0.39, 0.29) is 41.6 Å². The van der Waals surface area contributed by atoms with Crippen molar-refractivity contribution < 1.29 is 12.8 Å². The van der Waals surface area contributed by atoms with E-state index in [1.165, 1.54) is 12.3 Å². The van der Waals surface area contributed by atoms with E-state index >= 15 is 0 Å². The lowest BCUT2D eigenvalue weighted by Crippen LogP contribution is -2.43. The summed E-state index contributed by atoms with van der Waals surface area (Å²) in [4.78, 5) is 4.11. The third-order valence-corrected chi connectivity index (χ3v) is 4.93. The second-order valence-electron chi connectivity index (χ2n) is 5.80. The number of guanidine groups is 1. The zero-order valence-corrected chi connectivity index (χ0v) is 19.4. The molecule has 144 valence electrons. The second-order valence-corrected chi connectivity index (χ2v) is 8.98. The maximum atomic E-state index is 13.7. The van der Waals surface area contributed by atoms with Crippen molar-refractivity contribution in [3.63, 3.8) is 0 Å². The summed E-state index contributed by atoms with van der Waals surface area (Å²) >= 11 is 3.24. The van der Waals surface area contributed by atoms with Crippen molar-refractivity contribution in [2.75, 3.05) is 25.6 Å². The van der Waals surface area contributed by atoms with Crippen LogP contribution in [0.1, 0.15) is 25.3 Å². The minimum atomic E-state index is -2.96. The largest absolute Gasteiger partial charge is 0.356 e. The molecule has 0 aliphatic heterocycles. The maximum Gasteiger partial charge on any atom is 0.191 e. The van der Waals surface area contributed by atoms with Gasteiger partial charge in [0.1, 0.15) is 15.7 Å². The Bertz CT molecular complexity index is 671. The molecule has 0 saturated carbocycles. The first-order chi connectivity index (χ1) is 11.2. The van der Waals surface area contributed by atoms with Crippen molar-refractivity contribution >= 4 is 55.7 Å². The number of halogens is 3. The smallest absolute Gasteiger partial charge is 0.191 e. The van der Waals surface area contributed by atoms with Gasteiger partial charge in [-0.3, -0.25) is 4.99 Å². The quantitative estimate of drug-likeness (QED) is 0.226. The Labute approximate surface area is 175 Å². The van der Waals surface area contributed by atoms with Crippen molar-refractivity contribution in [2.45, 2.75) is 32.2 Å². The molecule has 0 saturated heterocycles. The van der Waals surface area contributed by atoms with E-state index in [2.05, 4.69) is 31.6 Å². The molecule has 0 fully saturated rings. The van der Waals surface area contributed by atoms with Gasteiger partial charge in [-0.1, -0.05) is 22.0 Å². The fourth-order valence-electron chi connectivity index (χ4n) is 2.10. The summed E-state index contributed by atoms with van der Waals surface area (Å²) < 4.78 is 36.8. The van der Waals surface area contributed by atoms with E-state index in [0.717, 1.165) is 10.9 Å². The molecule has 0 aromatic heterocycles. The van der Waals surface area contributed by atoms with E-state index in [9.17, 15) is 12.8 Å². The first kappa shape index (κ1) is 24.6. The molecule has 2 N–H and O–H groups in total.